The fraction of sp³-hybridized carbons (Fsp3) is 0.133. The SMILES string of the molecule is CCN(c1cccc(F)c1)c1ccccc1C=O. The van der Waals surface area contributed by atoms with Crippen molar-refractivity contribution in [3.63, 3.8) is 0 Å². The summed E-state index contributed by atoms with van der Waals surface area (Å²) in [6, 6.07) is 13.7. The number of anilines is 2. The van der Waals surface area contributed by atoms with Gasteiger partial charge in [-0.1, -0.05) is 18.2 Å². The van der Waals surface area contributed by atoms with Crippen LogP contribution in [-0.4, -0.2) is 12.8 Å². The second-order valence-electron chi connectivity index (χ2n) is 3.90. The molecule has 2 aromatic carbocycles. The highest BCUT2D eigenvalue weighted by Crippen LogP contribution is 2.27. The fourth-order valence-electron chi connectivity index (χ4n) is 1.97. The van der Waals surface area contributed by atoms with Crippen molar-refractivity contribution < 1.29 is 9.18 Å². The van der Waals surface area contributed by atoms with Crippen LogP contribution in [0.1, 0.15) is 17.3 Å². The molecule has 2 nitrogen and oxygen atoms in total. The highest BCUT2D eigenvalue weighted by Gasteiger charge is 2.11. The first-order chi connectivity index (χ1) is 8.76. The van der Waals surface area contributed by atoms with E-state index in [4.69, 9.17) is 0 Å². The van der Waals surface area contributed by atoms with Gasteiger partial charge in [0.1, 0.15) is 5.82 Å². The standard InChI is InChI=1S/C15H14FNO/c1-2-17(14-8-5-7-13(16)10-14)15-9-4-3-6-12(15)11-18/h3-11H,2H2,1H3. The second kappa shape index (κ2) is 5.45. The number of rotatable bonds is 4. The minimum absolute atomic E-state index is 0.283. The predicted octanol–water partition coefficient (Wildman–Crippen LogP) is 3.80. The molecule has 0 fully saturated rings. The van der Waals surface area contributed by atoms with Gasteiger partial charge < -0.3 is 4.90 Å². The zero-order valence-corrected chi connectivity index (χ0v) is 10.1. The van der Waals surface area contributed by atoms with E-state index >= 15 is 0 Å². The van der Waals surface area contributed by atoms with Crippen LogP contribution in [0.3, 0.4) is 0 Å². The van der Waals surface area contributed by atoms with Crippen molar-refractivity contribution in [1.82, 2.24) is 0 Å². The summed E-state index contributed by atoms with van der Waals surface area (Å²) in [7, 11) is 0. The smallest absolute Gasteiger partial charge is 0.152 e. The highest BCUT2D eigenvalue weighted by atomic mass is 19.1. The van der Waals surface area contributed by atoms with Gasteiger partial charge in [-0.05, 0) is 37.3 Å². The number of aldehydes is 1. The van der Waals surface area contributed by atoms with Crippen LogP contribution < -0.4 is 4.90 Å². The normalized spacial score (nSPS) is 10.1. The van der Waals surface area contributed by atoms with Crippen LogP contribution in [0, 0.1) is 5.82 Å². The molecule has 2 aromatic rings. The van der Waals surface area contributed by atoms with E-state index in [1.54, 1.807) is 12.1 Å². The third kappa shape index (κ3) is 2.40. The van der Waals surface area contributed by atoms with Crippen molar-refractivity contribution in [2.45, 2.75) is 6.92 Å². The highest BCUT2D eigenvalue weighted by molar-refractivity contribution is 5.86. The molecular formula is C15H14FNO. The van der Waals surface area contributed by atoms with Gasteiger partial charge in [0.05, 0.1) is 5.69 Å². The average Bonchev–Trinajstić information content (AvgIpc) is 2.40. The molecule has 0 aliphatic carbocycles. The number of carbonyl (C=O) groups is 1. The van der Waals surface area contributed by atoms with Gasteiger partial charge in [0.15, 0.2) is 6.29 Å². The van der Waals surface area contributed by atoms with E-state index in [0.717, 1.165) is 17.7 Å². The lowest BCUT2D eigenvalue weighted by Gasteiger charge is -2.24. The van der Waals surface area contributed by atoms with Gasteiger partial charge in [-0.3, -0.25) is 4.79 Å². The van der Waals surface area contributed by atoms with Crippen LogP contribution in [0.4, 0.5) is 15.8 Å². The molecule has 0 N–H and O–H groups in total. The molecule has 92 valence electrons. The number of hydrogen-bond acceptors (Lipinski definition) is 2. The Bertz CT molecular complexity index is 554. The quantitative estimate of drug-likeness (QED) is 0.761. The minimum atomic E-state index is -0.283. The lowest BCUT2D eigenvalue weighted by molar-refractivity contribution is 0.112. The lowest BCUT2D eigenvalue weighted by Crippen LogP contribution is -2.17. The maximum Gasteiger partial charge on any atom is 0.152 e. The van der Waals surface area contributed by atoms with E-state index in [0.29, 0.717) is 12.1 Å². The molecule has 0 unspecified atom stereocenters. The van der Waals surface area contributed by atoms with Crippen molar-refractivity contribution >= 4 is 17.7 Å². The van der Waals surface area contributed by atoms with Crippen molar-refractivity contribution in [3.05, 3.63) is 59.9 Å². The van der Waals surface area contributed by atoms with E-state index in [1.807, 2.05) is 36.1 Å². The van der Waals surface area contributed by atoms with Crippen LogP contribution in [0.15, 0.2) is 48.5 Å². The topological polar surface area (TPSA) is 20.3 Å². The number of hydrogen-bond donors (Lipinski definition) is 0. The Balaban J connectivity index is 2.48. The molecule has 0 amide bonds. The molecule has 0 saturated carbocycles. The van der Waals surface area contributed by atoms with Gasteiger partial charge in [0, 0.05) is 17.8 Å². The Morgan fingerprint density at radius 3 is 2.61 bits per heavy atom. The Morgan fingerprint density at radius 2 is 1.94 bits per heavy atom. The van der Waals surface area contributed by atoms with Gasteiger partial charge in [0.25, 0.3) is 0 Å². The summed E-state index contributed by atoms with van der Waals surface area (Å²) in [4.78, 5) is 13.0. The molecule has 0 heterocycles. The van der Waals surface area contributed by atoms with Crippen LogP contribution in [0.25, 0.3) is 0 Å². The Hall–Kier alpha value is -2.16. The Labute approximate surface area is 106 Å². The van der Waals surface area contributed by atoms with Crippen LogP contribution in [0.2, 0.25) is 0 Å². The molecule has 3 heteroatoms. The van der Waals surface area contributed by atoms with Crippen molar-refractivity contribution in [3.8, 4) is 0 Å². The van der Waals surface area contributed by atoms with Gasteiger partial charge in [-0.25, -0.2) is 4.39 Å². The third-order valence-electron chi connectivity index (χ3n) is 2.79. The van der Waals surface area contributed by atoms with Crippen LogP contribution >= 0.6 is 0 Å². The van der Waals surface area contributed by atoms with E-state index in [2.05, 4.69) is 0 Å². The summed E-state index contributed by atoms with van der Waals surface area (Å²) in [5.41, 5.74) is 2.14. The summed E-state index contributed by atoms with van der Waals surface area (Å²) in [5.74, 6) is -0.283. The summed E-state index contributed by atoms with van der Waals surface area (Å²) in [5, 5.41) is 0. The molecule has 2 rings (SSSR count). The number of carbonyl (C=O) groups excluding carboxylic acids is 1. The number of halogens is 1. The molecular weight excluding hydrogens is 229 g/mol. The van der Waals surface area contributed by atoms with Gasteiger partial charge in [-0.2, -0.15) is 0 Å². The largest absolute Gasteiger partial charge is 0.341 e. The molecule has 0 atom stereocenters. The summed E-state index contributed by atoms with van der Waals surface area (Å²) in [6.07, 6.45) is 0.817. The maximum absolute atomic E-state index is 13.3. The lowest BCUT2D eigenvalue weighted by atomic mass is 10.1. The molecule has 0 aromatic heterocycles. The average molecular weight is 243 g/mol. The molecule has 0 aliphatic rings. The van der Waals surface area contributed by atoms with E-state index in [9.17, 15) is 9.18 Å². The van der Waals surface area contributed by atoms with E-state index in [-0.39, 0.29) is 5.82 Å². The van der Waals surface area contributed by atoms with Gasteiger partial charge in [0.2, 0.25) is 0 Å². The molecule has 0 spiro atoms. The van der Waals surface area contributed by atoms with Crippen molar-refractivity contribution in [1.29, 1.82) is 0 Å². The van der Waals surface area contributed by atoms with E-state index < -0.39 is 0 Å². The second-order valence-corrected chi connectivity index (χ2v) is 3.90. The molecule has 0 aliphatic heterocycles. The Kier molecular flexibility index (Phi) is 3.72. The van der Waals surface area contributed by atoms with Crippen LogP contribution in [-0.2, 0) is 0 Å². The maximum atomic E-state index is 13.3. The van der Waals surface area contributed by atoms with Gasteiger partial charge in [-0.15, -0.1) is 0 Å². The molecule has 18 heavy (non-hydrogen) atoms. The predicted molar refractivity (Wildman–Crippen MR) is 70.9 cm³/mol. The molecule has 0 saturated heterocycles. The first kappa shape index (κ1) is 12.3. The first-order valence-electron chi connectivity index (χ1n) is 5.83. The Morgan fingerprint density at radius 1 is 1.17 bits per heavy atom. The zero-order valence-electron chi connectivity index (χ0n) is 10.1. The fourth-order valence-corrected chi connectivity index (χ4v) is 1.97. The van der Waals surface area contributed by atoms with Crippen molar-refractivity contribution in [2.75, 3.05) is 11.4 Å². The zero-order chi connectivity index (χ0) is 13.0. The van der Waals surface area contributed by atoms with E-state index in [1.165, 1.54) is 12.1 Å². The number of para-hydroxylation sites is 1. The van der Waals surface area contributed by atoms with Crippen LogP contribution in [0.5, 0.6) is 0 Å². The summed E-state index contributed by atoms with van der Waals surface area (Å²) < 4.78 is 13.3. The first-order valence-corrected chi connectivity index (χ1v) is 5.83. The number of nitrogens with zero attached hydrogens (tertiary/aromatic N) is 1. The number of benzene rings is 2. The molecule has 0 radical (unpaired) electrons. The summed E-state index contributed by atoms with van der Waals surface area (Å²) in [6.45, 7) is 2.63. The molecule has 0 bridgehead atoms. The monoisotopic (exact) mass is 243 g/mol. The van der Waals surface area contributed by atoms with Gasteiger partial charge >= 0.3 is 0 Å². The third-order valence-corrected chi connectivity index (χ3v) is 2.79. The summed E-state index contributed by atoms with van der Waals surface area (Å²) >= 11 is 0. The van der Waals surface area contributed by atoms with Crippen molar-refractivity contribution in [2.24, 2.45) is 0 Å². The minimum Gasteiger partial charge on any atom is -0.341 e.